The zero-order valence-electron chi connectivity index (χ0n) is 22.4. The van der Waals surface area contributed by atoms with Crippen molar-refractivity contribution in [1.82, 2.24) is 30.4 Å². The molecule has 212 valence electrons. The van der Waals surface area contributed by atoms with Gasteiger partial charge in [0.15, 0.2) is 5.01 Å². The molecule has 2 aromatic heterocycles. The van der Waals surface area contributed by atoms with Gasteiger partial charge in [0.2, 0.25) is 5.91 Å². The number of morpholine rings is 1. The van der Waals surface area contributed by atoms with Crippen molar-refractivity contribution in [3.8, 4) is 0 Å². The first-order valence-corrected chi connectivity index (χ1v) is 15.0. The van der Waals surface area contributed by atoms with Crippen LogP contribution in [0.5, 0.6) is 0 Å². The molecule has 12 heteroatoms. The minimum absolute atomic E-state index is 0.0903. The Balaban J connectivity index is 1.20. The van der Waals surface area contributed by atoms with Crippen LogP contribution in [0.15, 0.2) is 24.3 Å². The number of nitrogens with zero attached hydrogens (tertiary/aromatic N) is 3. The number of thiazole rings is 1. The third kappa shape index (κ3) is 5.74. The van der Waals surface area contributed by atoms with Crippen molar-refractivity contribution in [1.29, 1.82) is 0 Å². The van der Waals surface area contributed by atoms with E-state index in [4.69, 9.17) is 16.3 Å². The van der Waals surface area contributed by atoms with Gasteiger partial charge < -0.3 is 30.2 Å². The van der Waals surface area contributed by atoms with Crippen LogP contribution in [-0.2, 0) is 22.5 Å². The minimum Gasteiger partial charge on any atom is -0.378 e. The topological polar surface area (TPSA) is 120 Å². The Labute approximate surface area is 241 Å². The fourth-order valence-corrected chi connectivity index (χ4v) is 7.16. The Morgan fingerprint density at radius 3 is 2.70 bits per heavy atom. The van der Waals surface area contributed by atoms with E-state index in [1.165, 1.54) is 11.3 Å². The Kier molecular flexibility index (Phi) is 7.80. The molecule has 0 bridgehead atoms. The highest BCUT2D eigenvalue weighted by Crippen LogP contribution is 2.29. The van der Waals surface area contributed by atoms with Gasteiger partial charge in [-0.2, -0.15) is 0 Å². The first-order valence-electron chi connectivity index (χ1n) is 13.8. The van der Waals surface area contributed by atoms with Gasteiger partial charge in [0.1, 0.15) is 5.69 Å². The first kappa shape index (κ1) is 27.2. The van der Waals surface area contributed by atoms with Crippen LogP contribution in [0.25, 0.3) is 10.9 Å². The number of aromatic nitrogens is 2. The molecule has 4 heterocycles. The van der Waals surface area contributed by atoms with Crippen LogP contribution in [0, 0.1) is 5.92 Å². The summed E-state index contributed by atoms with van der Waals surface area (Å²) in [7, 11) is 2.06. The van der Waals surface area contributed by atoms with Gasteiger partial charge in [0.25, 0.3) is 11.8 Å². The summed E-state index contributed by atoms with van der Waals surface area (Å²) in [5.41, 5.74) is 2.23. The number of amides is 3. The zero-order chi connectivity index (χ0) is 27.8. The minimum atomic E-state index is -0.414. The summed E-state index contributed by atoms with van der Waals surface area (Å²) < 4.78 is 5.41. The number of aromatic amines is 1. The van der Waals surface area contributed by atoms with E-state index < -0.39 is 6.04 Å². The van der Waals surface area contributed by atoms with Gasteiger partial charge in [-0.1, -0.05) is 11.6 Å². The standard InChI is InChI=1S/C28H33ClN6O4S/c1-34-7-6-21-24(15-34)40-27(33-21)26(37)32-22-13-16(28(38)35-8-10-39-11-9-35)2-4-20(22)31-25(36)23-14-17-12-18(29)3-5-19(17)30-23/h3,5,12,14,16,20,22,30H,2,4,6-11,13,15H2,1H3,(H,31,36)(H,32,37). The van der Waals surface area contributed by atoms with Crippen molar-refractivity contribution < 1.29 is 19.1 Å². The SMILES string of the molecule is CN1CCc2nc(C(=O)NC3CC(C(=O)N4CCOCC4)CCC3NC(=O)c3cc4cc(Cl)ccc4[nH]3)sc2C1. The highest BCUT2D eigenvalue weighted by Gasteiger charge is 2.38. The lowest BCUT2D eigenvalue weighted by molar-refractivity contribution is -0.141. The number of rotatable bonds is 5. The van der Waals surface area contributed by atoms with Crippen molar-refractivity contribution in [2.24, 2.45) is 5.92 Å². The van der Waals surface area contributed by atoms with Crippen LogP contribution in [-0.4, -0.2) is 89.5 Å². The van der Waals surface area contributed by atoms with Gasteiger partial charge in [0.05, 0.1) is 24.9 Å². The molecule has 40 heavy (non-hydrogen) atoms. The monoisotopic (exact) mass is 584 g/mol. The number of ether oxygens (including phenoxy) is 1. The number of H-pyrrole nitrogens is 1. The van der Waals surface area contributed by atoms with Crippen LogP contribution < -0.4 is 10.6 Å². The summed E-state index contributed by atoms with van der Waals surface area (Å²) in [5.74, 6) is -0.661. The number of likely N-dealkylation sites (N-methyl/N-ethyl adjacent to an activating group) is 1. The van der Waals surface area contributed by atoms with E-state index in [1.807, 2.05) is 11.0 Å². The molecule has 1 saturated heterocycles. The summed E-state index contributed by atoms with van der Waals surface area (Å²) in [4.78, 5) is 53.0. The highest BCUT2D eigenvalue weighted by atomic mass is 35.5. The lowest BCUT2D eigenvalue weighted by atomic mass is 9.81. The maximum atomic E-state index is 13.4. The van der Waals surface area contributed by atoms with Gasteiger partial charge in [-0.05, 0) is 50.6 Å². The Morgan fingerprint density at radius 1 is 1.07 bits per heavy atom. The van der Waals surface area contributed by atoms with Crippen LogP contribution in [0.2, 0.25) is 5.02 Å². The van der Waals surface area contributed by atoms with Crippen molar-refractivity contribution in [3.05, 3.63) is 50.6 Å². The van der Waals surface area contributed by atoms with Crippen molar-refractivity contribution in [3.63, 3.8) is 0 Å². The average molecular weight is 585 g/mol. The normalized spacial score (nSPS) is 23.6. The summed E-state index contributed by atoms with van der Waals surface area (Å²) >= 11 is 7.54. The molecule has 3 N–H and O–H groups in total. The molecule has 3 atom stereocenters. The third-order valence-electron chi connectivity index (χ3n) is 8.10. The van der Waals surface area contributed by atoms with E-state index in [2.05, 4.69) is 32.5 Å². The smallest absolute Gasteiger partial charge is 0.280 e. The largest absolute Gasteiger partial charge is 0.378 e. The summed E-state index contributed by atoms with van der Waals surface area (Å²) in [6, 6.07) is 6.44. The molecule has 3 aliphatic rings. The van der Waals surface area contributed by atoms with Crippen molar-refractivity contribution >= 4 is 51.6 Å². The van der Waals surface area contributed by atoms with Gasteiger partial charge in [-0.3, -0.25) is 14.4 Å². The number of fused-ring (bicyclic) bond motifs is 2. The van der Waals surface area contributed by atoms with E-state index in [1.54, 1.807) is 18.2 Å². The first-order chi connectivity index (χ1) is 19.3. The second-order valence-electron chi connectivity index (χ2n) is 10.9. The van der Waals surface area contributed by atoms with Gasteiger partial charge in [-0.15, -0.1) is 11.3 Å². The van der Waals surface area contributed by atoms with Crippen LogP contribution in [0.3, 0.4) is 0 Å². The lowest BCUT2D eigenvalue weighted by Gasteiger charge is -2.38. The molecule has 3 amide bonds. The average Bonchev–Trinajstić information content (AvgIpc) is 3.58. The second-order valence-corrected chi connectivity index (χ2v) is 12.4. The fourth-order valence-electron chi connectivity index (χ4n) is 5.89. The fraction of sp³-hybridized carbons (Fsp3) is 0.500. The molecule has 0 radical (unpaired) electrons. The van der Waals surface area contributed by atoms with E-state index in [0.29, 0.717) is 61.3 Å². The number of hydrogen-bond acceptors (Lipinski definition) is 7. The quantitative estimate of drug-likeness (QED) is 0.424. The molecule has 1 aliphatic carbocycles. The molecule has 1 saturated carbocycles. The Bertz CT molecular complexity index is 1430. The van der Waals surface area contributed by atoms with Crippen LogP contribution >= 0.6 is 22.9 Å². The molecular weight excluding hydrogens is 552 g/mol. The van der Waals surface area contributed by atoms with Crippen LogP contribution in [0.4, 0.5) is 0 Å². The Morgan fingerprint density at radius 2 is 1.88 bits per heavy atom. The maximum absolute atomic E-state index is 13.4. The van der Waals surface area contributed by atoms with E-state index in [9.17, 15) is 14.4 Å². The number of halogens is 1. The molecule has 1 aromatic carbocycles. The molecule has 3 unspecified atom stereocenters. The molecule has 2 aliphatic heterocycles. The molecule has 3 aromatic rings. The second kappa shape index (κ2) is 11.5. The highest BCUT2D eigenvalue weighted by molar-refractivity contribution is 7.13. The summed E-state index contributed by atoms with van der Waals surface area (Å²) in [6.45, 7) is 3.94. The molecule has 0 spiro atoms. The van der Waals surface area contributed by atoms with E-state index >= 15 is 0 Å². The third-order valence-corrected chi connectivity index (χ3v) is 9.42. The number of benzene rings is 1. The molecular formula is C28H33ClN6O4S. The lowest BCUT2D eigenvalue weighted by Crippen LogP contribution is -2.56. The number of carbonyl (C=O) groups is 3. The number of carbonyl (C=O) groups excluding carboxylic acids is 3. The molecule has 10 nitrogen and oxygen atoms in total. The predicted molar refractivity (Wildman–Crippen MR) is 153 cm³/mol. The molecule has 2 fully saturated rings. The summed E-state index contributed by atoms with van der Waals surface area (Å²) in [5, 5.41) is 8.14. The van der Waals surface area contributed by atoms with E-state index in [0.717, 1.165) is 41.0 Å². The zero-order valence-corrected chi connectivity index (χ0v) is 23.9. The number of nitrogens with one attached hydrogen (secondary N) is 3. The molecule has 6 rings (SSSR count). The van der Waals surface area contributed by atoms with Crippen molar-refractivity contribution in [2.45, 2.75) is 44.3 Å². The van der Waals surface area contributed by atoms with Crippen LogP contribution in [0.1, 0.15) is 50.1 Å². The maximum Gasteiger partial charge on any atom is 0.280 e. The van der Waals surface area contributed by atoms with Gasteiger partial charge in [0, 0.05) is 65.4 Å². The van der Waals surface area contributed by atoms with Gasteiger partial charge >= 0.3 is 0 Å². The Hall–Kier alpha value is -2.99. The summed E-state index contributed by atoms with van der Waals surface area (Å²) in [6.07, 6.45) is 2.48. The van der Waals surface area contributed by atoms with E-state index in [-0.39, 0.29) is 29.7 Å². The number of hydrogen-bond donors (Lipinski definition) is 3. The van der Waals surface area contributed by atoms with Crippen molar-refractivity contribution in [2.75, 3.05) is 39.9 Å². The van der Waals surface area contributed by atoms with Gasteiger partial charge in [-0.25, -0.2) is 4.98 Å². The predicted octanol–water partition coefficient (Wildman–Crippen LogP) is 2.82.